The number of aromatic nitrogens is 3. The molecule has 0 radical (unpaired) electrons. The molecule has 0 aliphatic carbocycles. The Hall–Kier alpha value is -1.68. The number of piperidine rings is 1. The second-order valence-electron chi connectivity index (χ2n) is 5.11. The molecule has 1 fully saturated rings. The Labute approximate surface area is 107 Å². The van der Waals surface area contributed by atoms with Crippen molar-refractivity contribution in [2.45, 2.75) is 25.3 Å². The normalized spacial score (nSPS) is 18.7. The van der Waals surface area contributed by atoms with Crippen molar-refractivity contribution in [2.24, 2.45) is 0 Å². The molecule has 0 aromatic carbocycles. The summed E-state index contributed by atoms with van der Waals surface area (Å²) in [6.07, 6.45) is 9.92. The highest BCUT2D eigenvalue weighted by Gasteiger charge is 2.30. The minimum atomic E-state index is 0.160. The molecule has 1 aliphatic rings. The van der Waals surface area contributed by atoms with Gasteiger partial charge in [-0.25, -0.2) is 4.98 Å². The molecule has 0 atom stereocenters. The van der Waals surface area contributed by atoms with E-state index in [-0.39, 0.29) is 5.54 Å². The van der Waals surface area contributed by atoms with Crippen LogP contribution in [0.5, 0.6) is 0 Å². The molecular weight excluding hydrogens is 224 g/mol. The molecule has 0 bridgehead atoms. The van der Waals surface area contributed by atoms with Gasteiger partial charge in [-0.3, -0.25) is 4.98 Å². The molecule has 0 amide bonds. The zero-order valence-corrected chi connectivity index (χ0v) is 10.6. The number of nitrogens with zero attached hydrogens (tertiary/aromatic N) is 3. The van der Waals surface area contributed by atoms with E-state index in [9.17, 15) is 0 Å². The van der Waals surface area contributed by atoms with E-state index < -0.39 is 0 Å². The molecule has 2 aromatic heterocycles. The molecule has 0 saturated carbocycles. The van der Waals surface area contributed by atoms with Gasteiger partial charge in [-0.05, 0) is 45.0 Å². The molecular formula is C14H18N4. The van der Waals surface area contributed by atoms with Gasteiger partial charge in [0, 0.05) is 35.9 Å². The van der Waals surface area contributed by atoms with Crippen LogP contribution in [0, 0.1) is 0 Å². The maximum atomic E-state index is 4.51. The lowest BCUT2D eigenvalue weighted by Crippen LogP contribution is -2.41. The third kappa shape index (κ3) is 1.93. The van der Waals surface area contributed by atoms with E-state index in [1.54, 1.807) is 6.20 Å². The van der Waals surface area contributed by atoms with Crippen LogP contribution in [0.1, 0.15) is 19.8 Å². The molecule has 3 rings (SSSR count). The van der Waals surface area contributed by atoms with Crippen molar-refractivity contribution in [3.8, 4) is 11.4 Å². The molecule has 4 heteroatoms. The quantitative estimate of drug-likeness (QED) is 0.876. The lowest BCUT2D eigenvalue weighted by atomic mass is 9.90. The lowest BCUT2D eigenvalue weighted by Gasteiger charge is -2.36. The fourth-order valence-electron chi connectivity index (χ4n) is 2.65. The zero-order valence-electron chi connectivity index (χ0n) is 10.6. The van der Waals surface area contributed by atoms with Crippen molar-refractivity contribution in [3.05, 3.63) is 36.9 Å². The Morgan fingerprint density at radius 1 is 1.28 bits per heavy atom. The summed E-state index contributed by atoms with van der Waals surface area (Å²) in [6, 6.07) is 4.02. The van der Waals surface area contributed by atoms with E-state index in [0.717, 1.165) is 37.3 Å². The molecule has 1 N–H and O–H groups in total. The van der Waals surface area contributed by atoms with Crippen molar-refractivity contribution in [3.63, 3.8) is 0 Å². The largest absolute Gasteiger partial charge is 0.325 e. The van der Waals surface area contributed by atoms with E-state index >= 15 is 0 Å². The van der Waals surface area contributed by atoms with E-state index in [0.29, 0.717) is 0 Å². The van der Waals surface area contributed by atoms with Crippen LogP contribution in [0.15, 0.2) is 36.9 Å². The number of hydrogen-bond acceptors (Lipinski definition) is 3. The van der Waals surface area contributed by atoms with Crippen LogP contribution in [-0.4, -0.2) is 27.6 Å². The highest BCUT2D eigenvalue weighted by molar-refractivity contribution is 5.54. The summed E-state index contributed by atoms with van der Waals surface area (Å²) in [5.41, 5.74) is 1.25. The van der Waals surface area contributed by atoms with Crippen molar-refractivity contribution in [2.75, 3.05) is 13.1 Å². The van der Waals surface area contributed by atoms with Crippen LogP contribution < -0.4 is 5.32 Å². The fourth-order valence-corrected chi connectivity index (χ4v) is 2.65. The van der Waals surface area contributed by atoms with Gasteiger partial charge in [0.2, 0.25) is 0 Å². The van der Waals surface area contributed by atoms with Crippen molar-refractivity contribution < 1.29 is 0 Å². The Bertz CT molecular complexity index is 512. The number of hydrogen-bond donors (Lipinski definition) is 1. The van der Waals surface area contributed by atoms with E-state index in [2.05, 4.69) is 39.0 Å². The third-order valence-corrected chi connectivity index (χ3v) is 3.82. The Kier molecular flexibility index (Phi) is 2.88. The standard InChI is InChI=1S/C14H18N4/c1-14(4-7-15-8-5-14)18-10-9-17-13(18)12-3-2-6-16-11-12/h2-3,6,9-11,15H,4-5,7-8H2,1H3. The first-order valence-electron chi connectivity index (χ1n) is 6.45. The Morgan fingerprint density at radius 3 is 2.83 bits per heavy atom. The SMILES string of the molecule is CC1(n2ccnc2-c2cccnc2)CCNCC1. The first-order valence-corrected chi connectivity index (χ1v) is 6.45. The number of imidazole rings is 1. The maximum absolute atomic E-state index is 4.51. The molecule has 2 aromatic rings. The fraction of sp³-hybridized carbons (Fsp3) is 0.429. The summed E-state index contributed by atoms with van der Waals surface area (Å²) in [5, 5.41) is 3.42. The highest BCUT2D eigenvalue weighted by Crippen LogP contribution is 2.31. The van der Waals surface area contributed by atoms with E-state index in [1.165, 1.54) is 0 Å². The summed E-state index contributed by atoms with van der Waals surface area (Å²) < 4.78 is 2.31. The van der Waals surface area contributed by atoms with Gasteiger partial charge in [0.05, 0.1) is 0 Å². The number of nitrogens with one attached hydrogen (secondary N) is 1. The van der Waals surface area contributed by atoms with Gasteiger partial charge in [-0.2, -0.15) is 0 Å². The summed E-state index contributed by atoms with van der Waals surface area (Å²) in [7, 11) is 0. The zero-order chi connectivity index (χ0) is 12.4. The molecule has 4 nitrogen and oxygen atoms in total. The Balaban J connectivity index is 2.01. The van der Waals surface area contributed by atoms with Crippen LogP contribution in [0.2, 0.25) is 0 Å². The second kappa shape index (κ2) is 4.53. The van der Waals surface area contributed by atoms with Crippen LogP contribution in [0.3, 0.4) is 0 Å². The second-order valence-corrected chi connectivity index (χ2v) is 5.11. The monoisotopic (exact) mass is 242 g/mol. The molecule has 1 aliphatic heterocycles. The van der Waals surface area contributed by atoms with E-state index in [1.807, 2.05) is 18.5 Å². The summed E-state index contributed by atoms with van der Waals surface area (Å²) in [4.78, 5) is 8.69. The lowest BCUT2D eigenvalue weighted by molar-refractivity contribution is 0.233. The third-order valence-electron chi connectivity index (χ3n) is 3.82. The van der Waals surface area contributed by atoms with Gasteiger partial charge >= 0.3 is 0 Å². The summed E-state index contributed by atoms with van der Waals surface area (Å²) in [6.45, 7) is 4.46. The number of pyridine rings is 1. The van der Waals surface area contributed by atoms with Crippen molar-refractivity contribution in [1.29, 1.82) is 0 Å². The van der Waals surface area contributed by atoms with Crippen LogP contribution >= 0.6 is 0 Å². The topological polar surface area (TPSA) is 42.7 Å². The van der Waals surface area contributed by atoms with Crippen LogP contribution in [0.25, 0.3) is 11.4 Å². The number of rotatable bonds is 2. The highest BCUT2D eigenvalue weighted by atomic mass is 15.1. The first-order chi connectivity index (χ1) is 8.80. The first kappa shape index (κ1) is 11.4. The van der Waals surface area contributed by atoms with Gasteiger partial charge < -0.3 is 9.88 Å². The average molecular weight is 242 g/mol. The summed E-state index contributed by atoms with van der Waals surface area (Å²) in [5.74, 6) is 1.02. The molecule has 18 heavy (non-hydrogen) atoms. The molecule has 0 unspecified atom stereocenters. The van der Waals surface area contributed by atoms with E-state index in [4.69, 9.17) is 0 Å². The van der Waals surface area contributed by atoms with Gasteiger partial charge in [0.1, 0.15) is 5.82 Å². The predicted molar refractivity (Wildman–Crippen MR) is 71.2 cm³/mol. The van der Waals surface area contributed by atoms with Gasteiger partial charge in [-0.15, -0.1) is 0 Å². The smallest absolute Gasteiger partial charge is 0.141 e. The molecule has 1 saturated heterocycles. The maximum Gasteiger partial charge on any atom is 0.141 e. The van der Waals surface area contributed by atoms with Crippen LogP contribution in [-0.2, 0) is 5.54 Å². The molecule has 3 heterocycles. The van der Waals surface area contributed by atoms with Crippen molar-refractivity contribution in [1.82, 2.24) is 19.9 Å². The van der Waals surface area contributed by atoms with Crippen LogP contribution in [0.4, 0.5) is 0 Å². The minimum Gasteiger partial charge on any atom is -0.325 e. The minimum absolute atomic E-state index is 0.160. The van der Waals surface area contributed by atoms with Gasteiger partial charge in [-0.1, -0.05) is 0 Å². The van der Waals surface area contributed by atoms with Crippen molar-refractivity contribution >= 4 is 0 Å². The predicted octanol–water partition coefficient (Wildman–Crippen LogP) is 2.04. The molecule has 94 valence electrons. The summed E-state index contributed by atoms with van der Waals surface area (Å²) >= 11 is 0. The Morgan fingerprint density at radius 2 is 2.11 bits per heavy atom. The van der Waals surface area contributed by atoms with Gasteiger partial charge in [0.25, 0.3) is 0 Å². The molecule has 0 spiro atoms. The average Bonchev–Trinajstić information content (AvgIpc) is 2.91. The van der Waals surface area contributed by atoms with Gasteiger partial charge in [0.15, 0.2) is 0 Å².